The molecule has 0 aromatic heterocycles. The van der Waals surface area contributed by atoms with E-state index >= 15 is 0 Å². The van der Waals surface area contributed by atoms with Crippen LogP contribution in [-0.4, -0.2) is 28.9 Å². The first-order chi connectivity index (χ1) is 2.56. The van der Waals surface area contributed by atoms with Crippen LogP contribution in [0.3, 0.4) is 0 Å². The first-order valence-electron chi connectivity index (χ1n) is 1.39. The van der Waals surface area contributed by atoms with Gasteiger partial charge in [0.1, 0.15) is 0 Å². The second-order valence-electron chi connectivity index (χ2n) is 0.929. The molecule has 0 aliphatic rings. The van der Waals surface area contributed by atoms with E-state index in [2.05, 4.69) is 15.1 Å². The third-order valence-electron chi connectivity index (χ3n) is 0.326. The van der Waals surface area contributed by atoms with Crippen molar-refractivity contribution in [2.24, 2.45) is 0 Å². The molecule has 1 atom stereocenters. The Labute approximate surface area is 50.1 Å². The molecule has 6 heavy (non-hydrogen) atoms. The minimum absolute atomic E-state index is 1.55. The number of halogens is 1. The maximum absolute atomic E-state index is 5.55. The minimum atomic E-state index is -1.55. The summed E-state index contributed by atoms with van der Waals surface area (Å²) in [6.07, 6.45) is 0. The van der Waals surface area contributed by atoms with E-state index in [1.807, 2.05) is 6.66 Å². The summed E-state index contributed by atoms with van der Waals surface area (Å²) in [7, 11) is 1.59. The first kappa shape index (κ1) is 7.20. The second-order valence-corrected chi connectivity index (χ2v) is 10.5. The predicted octanol–water partition coefficient (Wildman–Crippen LogP) is 1.43. The molecular formula is C2H6ClOPSe. The van der Waals surface area contributed by atoms with Gasteiger partial charge in [-0.2, -0.15) is 0 Å². The average molecular weight is 191 g/mol. The van der Waals surface area contributed by atoms with Gasteiger partial charge >= 0.3 is 49.7 Å². The Kier molecular flexibility index (Phi) is 2.99. The molecule has 0 aliphatic heterocycles. The Balaban J connectivity index is 3.48. The van der Waals surface area contributed by atoms with E-state index in [0.717, 1.165) is 0 Å². The first-order valence-corrected chi connectivity index (χ1v) is 6.66. The van der Waals surface area contributed by atoms with Gasteiger partial charge in [-0.3, -0.25) is 0 Å². The standard InChI is InChI=1S/C2H6ClOPSe/c1-4-5(2,3)6/h1-2H3. The van der Waals surface area contributed by atoms with Gasteiger partial charge in [-0.25, -0.2) is 0 Å². The van der Waals surface area contributed by atoms with Gasteiger partial charge in [-0.1, -0.05) is 0 Å². The van der Waals surface area contributed by atoms with Crippen molar-refractivity contribution in [1.82, 2.24) is 0 Å². The SMILES string of the molecule is COP(C)(Cl)=[Se]. The third-order valence-corrected chi connectivity index (χ3v) is 2.33. The van der Waals surface area contributed by atoms with E-state index in [0.29, 0.717) is 0 Å². The van der Waals surface area contributed by atoms with Gasteiger partial charge in [-0.05, 0) is 0 Å². The zero-order valence-corrected chi connectivity index (χ0v) is 7.01. The molecule has 0 amide bonds. The van der Waals surface area contributed by atoms with Gasteiger partial charge in [0.15, 0.2) is 0 Å². The summed E-state index contributed by atoms with van der Waals surface area (Å²) in [6.45, 7) is 1.84. The molecule has 0 rings (SSSR count). The zero-order valence-electron chi connectivity index (χ0n) is 3.64. The summed E-state index contributed by atoms with van der Waals surface area (Å²) in [4.78, 5) is 0. The molecule has 38 valence electrons. The van der Waals surface area contributed by atoms with Gasteiger partial charge < -0.3 is 0 Å². The summed E-state index contributed by atoms with van der Waals surface area (Å²) in [6, 6.07) is 0. The molecular weight excluding hydrogens is 185 g/mol. The molecule has 0 radical (unpaired) electrons. The van der Waals surface area contributed by atoms with Crippen molar-refractivity contribution in [3.63, 3.8) is 0 Å². The predicted molar refractivity (Wildman–Crippen MR) is 31.5 cm³/mol. The Hall–Kier alpha value is 1.20. The monoisotopic (exact) mass is 192 g/mol. The molecule has 0 saturated carbocycles. The van der Waals surface area contributed by atoms with Crippen molar-refractivity contribution >= 4 is 31.4 Å². The van der Waals surface area contributed by atoms with Crippen LogP contribution < -0.4 is 0 Å². The van der Waals surface area contributed by atoms with Crippen LogP contribution in [0.1, 0.15) is 0 Å². The van der Waals surface area contributed by atoms with E-state index in [9.17, 15) is 0 Å². The number of hydrogen-bond donors (Lipinski definition) is 0. The molecule has 0 spiro atoms. The van der Waals surface area contributed by atoms with E-state index < -0.39 is 5.09 Å². The van der Waals surface area contributed by atoms with Crippen LogP contribution >= 0.6 is 16.3 Å². The zero-order chi connectivity index (χ0) is 5.21. The molecule has 0 aliphatic carbocycles. The van der Waals surface area contributed by atoms with E-state index in [4.69, 9.17) is 15.8 Å². The van der Waals surface area contributed by atoms with Crippen LogP contribution in [0.2, 0.25) is 0 Å². The van der Waals surface area contributed by atoms with Crippen LogP contribution in [0.4, 0.5) is 0 Å². The fourth-order valence-corrected chi connectivity index (χ4v) is 0. The van der Waals surface area contributed by atoms with E-state index in [1.165, 1.54) is 0 Å². The molecule has 0 bridgehead atoms. The fourth-order valence-electron chi connectivity index (χ4n) is 0. The van der Waals surface area contributed by atoms with Crippen LogP contribution in [0.5, 0.6) is 0 Å². The van der Waals surface area contributed by atoms with Crippen molar-refractivity contribution < 1.29 is 4.52 Å². The molecule has 4 heteroatoms. The Morgan fingerprint density at radius 2 is 2.00 bits per heavy atom. The third kappa shape index (κ3) is 5.20. The van der Waals surface area contributed by atoms with Crippen molar-refractivity contribution in [1.29, 1.82) is 0 Å². The normalized spacial score (nSPS) is 19.8. The number of rotatable bonds is 1. The van der Waals surface area contributed by atoms with Crippen LogP contribution in [0, 0.1) is 0 Å². The van der Waals surface area contributed by atoms with Crippen molar-refractivity contribution in [3.8, 4) is 0 Å². The van der Waals surface area contributed by atoms with Crippen molar-refractivity contribution in [2.75, 3.05) is 13.8 Å². The molecule has 0 aromatic carbocycles. The topological polar surface area (TPSA) is 9.23 Å². The Morgan fingerprint density at radius 1 is 1.83 bits per heavy atom. The maximum atomic E-state index is 5.55. The van der Waals surface area contributed by atoms with E-state index in [1.54, 1.807) is 7.11 Å². The van der Waals surface area contributed by atoms with Crippen LogP contribution in [0.25, 0.3) is 0 Å². The molecule has 0 saturated heterocycles. The van der Waals surface area contributed by atoms with Gasteiger partial charge in [0.2, 0.25) is 0 Å². The summed E-state index contributed by atoms with van der Waals surface area (Å²) >= 11 is 8.27. The molecule has 0 aromatic rings. The van der Waals surface area contributed by atoms with Crippen molar-refractivity contribution in [3.05, 3.63) is 0 Å². The van der Waals surface area contributed by atoms with Crippen molar-refractivity contribution in [2.45, 2.75) is 0 Å². The number of hydrogen-bond acceptors (Lipinski definition) is 1. The summed E-state index contributed by atoms with van der Waals surface area (Å²) in [5.74, 6) is 0. The van der Waals surface area contributed by atoms with Gasteiger partial charge in [0, 0.05) is 0 Å². The molecule has 0 N–H and O–H groups in total. The quantitative estimate of drug-likeness (QED) is 0.450. The average Bonchev–Trinajstić information content (AvgIpc) is 1.35. The molecule has 0 fully saturated rings. The Bertz CT molecular complexity index is 77.6. The summed E-state index contributed by atoms with van der Waals surface area (Å²) in [5, 5.41) is -1.55. The van der Waals surface area contributed by atoms with Gasteiger partial charge in [0.25, 0.3) is 0 Å². The van der Waals surface area contributed by atoms with Gasteiger partial charge in [0.05, 0.1) is 0 Å². The van der Waals surface area contributed by atoms with Gasteiger partial charge in [-0.15, -0.1) is 0 Å². The van der Waals surface area contributed by atoms with Crippen LogP contribution in [0.15, 0.2) is 0 Å². The van der Waals surface area contributed by atoms with Crippen LogP contribution in [-0.2, 0) is 4.52 Å². The Morgan fingerprint density at radius 3 is 2.00 bits per heavy atom. The van der Waals surface area contributed by atoms with E-state index in [-0.39, 0.29) is 0 Å². The second kappa shape index (κ2) is 2.49. The fraction of sp³-hybridized carbons (Fsp3) is 1.00. The summed E-state index contributed by atoms with van der Waals surface area (Å²) < 4.78 is 4.76. The molecule has 0 heterocycles. The molecule has 1 nitrogen and oxygen atoms in total. The summed E-state index contributed by atoms with van der Waals surface area (Å²) in [5.41, 5.74) is 0. The molecule has 1 unspecified atom stereocenters.